The Morgan fingerprint density at radius 1 is 1.20 bits per heavy atom. The van der Waals surface area contributed by atoms with Gasteiger partial charge in [-0.15, -0.1) is 0 Å². The molecule has 1 saturated heterocycles. The van der Waals surface area contributed by atoms with Crippen LogP contribution in [0.2, 0.25) is 0 Å². The van der Waals surface area contributed by atoms with Gasteiger partial charge in [0.2, 0.25) is 10.0 Å². The van der Waals surface area contributed by atoms with Gasteiger partial charge in [-0.25, -0.2) is 18.1 Å². The lowest BCUT2D eigenvalue weighted by atomic mass is 10.1. The number of hydrogen-bond donors (Lipinski definition) is 2. The summed E-state index contributed by atoms with van der Waals surface area (Å²) in [5.74, 6) is 0.533. The molecule has 1 aromatic carbocycles. The van der Waals surface area contributed by atoms with Crippen molar-refractivity contribution in [2.24, 2.45) is 4.99 Å². The van der Waals surface area contributed by atoms with Crippen molar-refractivity contribution in [2.75, 3.05) is 39.8 Å². The maximum absolute atomic E-state index is 12.9. The molecule has 7 nitrogen and oxygen atoms in total. The third-order valence-electron chi connectivity index (χ3n) is 5.04. The molecular formula is C19H30F3N5O2S. The van der Waals surface area contributed by atoms with Crippen LogP contribution in [0.15, 0.2) is 29.3 Å². The minimum Gasteiger partial charge on any atom is -0.357 e. The van der Waals surface area contributed by atoms with E-state index in [-0.39, 0.29) is 5.75 Å². The minimum absolute atomic E-state index is 0.111. The molecule has 1 heterocycles. The number of sulfonamides is 1. The number of piperazine rings is 1. The highest BCUT2D eigenvalue weighted by atomic mass is 32.2. The van der Waals surface area contributed by atoms with Gasteiger partial charge in [-0.1, -0.05) is 24.3 Å². The van der Waals surface area contributed by atoms with E-state index in [9.17, 15) is 21.6 Å². The monoisotopic (exact) mass is 449 g/mol. The Bertz CT molecular complexity index is 822. The van der Waals surface area contributed by atoms with E-state index in [1.807, 2.05) is 17.9 Å². The molecule has 2 rings (SSSR count). The maximum atomic E-state index is 12.9. The highest BCUT2D eigenvalue weighted by Crippen LogP contribution is 2.25. The Hall–Kier alpha value is -1.85. The van der Waals surface area contributed by atoms with E-state index in [0.29, 0.717) is 50.8 Å². The third kappa shape index (κ3) is 7.13. The molecule has 1 fully saturated rings. The zero-order valence-electron chi connectivity index (χ0n) is 17.5. The van der Waals surface area contributed by atoms with Crippen molar-refractivity contribution in [3.05, 3.63) is 35.4 Å². The number of nitrogens with zero attached hydrogens (tertiary/aromatic N) is 3. The molecule has 1 atom stereocenters. The second-order valence-corrected chi connectivity index (χ2v) is 9.12. The molecule has 0 spiro atoms. The highest BCUT2D eigenvalue weighted by Gasteiger charge is 2.41. The molecule has 11 heteroatoms. The number of guanidine groups is 1. The van der Waals surface area contributed by atoms with Gasteiger partial charge in [0, 0.05) is 32.7 Å². The fourth-order valence-corrected chi connectivity index (χ4v) is 3.99. The lowest BCUT2D eigenvalue weighted by Gasteiger charge is -2.39. The molecule has 0 radical (unpaired) electrons. The SMILES string of the molecule is CCNC(=NCc1cccc(CS(=O)(=O)NC)c1)N1CCN(C(C)C(F)(F)F)CC1. The van der Waals surface area contributed by atoms with E-state index >= 15 is 0 Å². The number of aliphatic imine (C=N–C) groups is 1. The van der Waals surface area contributed by atoms with Gasteiger partial charge in [0.25, 0.3) is 0 Å². The van der Waals surface area contributed by atoms with Crippen LogP contribution in [0.4, 0.5) is 13.2 Å². The van der Waals surface area contributed by atoms with Crippen LogP contribution in [-0.4, -0.2) is 76.2 Å². The van der Waals surface area contributed by atoms with Crippen LogP contribution in [-0.2, 0) is 22.3 Å². The summed E-state index contributed by atoms with van der Waals surface area (Å²) in [6.07, 6.45) is -4.23. The fraction of sp³-hybridized carbons (Fsp3) is 0.632. The second-order valence-electron chi connectivity index (χ2n) is 7.19. The largest absolute Gasteiger partial charge is 0.403 e. The Kier molecular flexibility index (Phi) is 8.51. The normalized spacial score (nSPS) is 17.8. The van der Waals surface area contributed by atoms with Crippen LogP contribution >= 0.6 is 0 Å². The summed E-state index contributed by atoms with van der Waals surface area (Å²) < 4.78 is 64.6. The molecule has 0 aliphatic carbocycles. The molecule has 170 valence electrons. The van der Waals surface area contributed by atoms with E-state index in [2.05, 4.69) is 15.0 Å². The first-order valence-electron chi connectivity index (χ1n) is 9.88. The smallest absolute Gasteiger partial charge is 0.357 e. The van der Waals surface area contributed by atoms with Crippen LogP contribution < -0.4 is 10.0 Å². The summed E-state index contributed by atoms with van der Waals surface area (Å²) in [5, 5.41) is 3.19. The Morgan fingerprint density at radius 2 is 1.83 bits per heavy atom. The molecular weight excluding hydrogens is 419 g/mol. The highest BCUT2D eigenvalue weighted by molar-refractivity contribution is 7.88. The Balaban J connectivity index is 2.04. The van der Waals surface area contributed by atoms with Crippen molar-refractivity contribution in [2.45, 2.75) is 38.4 Å². The van der Waals surface area contributed by atoms with Crippen molar-refractivity contribution in [1.82, 2.24) is 19.8 Å². The van der Waals surface area contributed by atoms with Gasteiger partial charge >= 0.3 is 6.18 Å². The van der Waals surface area contributed by atoms with Crippen LogP contribution in [0, 0.1) is 0 Å². The van der Waals surface area contributed by atoms with Gasteiger partial charge in [0.05, 0.1) is 12.3 Å². The summed E-state index contributed by atoms with van der Waals surface area (Å²) in [4.78, 5) is 8.00. The standard InChI is InChI=1S/C19H30F3N5O2S/c1-4-24-18(27-10-8-26(9-11-27)15(2)19(20,21)22)25-13-16-6-5-7-17(12-16)14-30(28,29)23-3/h5-7,12,15,23H,4,8-11,13-14H2,1-3H3,(H,24,25). The van der Waals surface area contributed by atoms with Gasteiger partial charge in [0.1, 0.15) is 6.04 Å². The van der Waals surface area contributed by atoms with Crippen molar-refractivity contribution < 1.29 is 21.6 Å². The van der Waals surface area contributed by atoms with Gasteiger partial charge in [-0.05, 0) is 32.0 Å². The molecule has 0 aromatic heterocycles. The number of hydrogen-bond acceptors (Lipinski definition) is 4. The lowest BCUT2D eigenvalue weighted by Crippen LogP contribution is -2.56. The molecule has 2 N–H and O–H groups in total. The first-order chi connectivity index (χ1) is 14.1. The van der Waals surface area contributed by atoms with Crippen LogP contribution in [0.5, 0.6) is 0 Å². The van der Waals surface area contributed by atoms with Crippen molar-refractivity contribution in [1.29, 1.82) is 0 Å². The average molecular weight is 450 g/mol. The molecule has 30 heavy (non-hydrogen) atoms. The van der Waals surface area contributed by atoms with E-state index in [1.54, 1.807) is 18.2 Å². The molecule has 1 unspecified atom stereocenters. The molecule has 0 bridgehead atoms. The first-order valence-corrected chi connectivity index (χ1v) is 11.5. The Labute approximate surface area is 176 Å². The van der Waals surface area contributed by atoms with E-state index in [4.69, 9.17) is 0 Å². The van der Waals surface area contributed by atoms with Crippen LogP contribution in [0.25, 0.3) is 0 Å². The summed E-state index contributed by atoms with van der Waals surface area (Å²) in [6, 6.07) is 5.73. The van der Waals surface area contributed by atoms with Crippen LogP contribution in [0.3, 0.4) is 0 Å². The average Bonchev–Trinajstić information content (AvgIpc) is 2.70. The zero-order chi connectivity index (χ0) is 22.4. The van der Waals surface area contributed by atoms with E-state index < -0.39 is 22.2 Å². The zero-order valence-corrected chi connectivity index (χ0v) is 18.4. The number of nitrogens with one attached hydrogen (secondary N) is 2. The van der Waals surface area contributed by atoms with E-state index in [1.165, 1.54) is 18.9 Å². The number of rotatable bonds is 7. The van der Waals surface area contributed by atoms with Gasteiger partial charge < -0.3 is 10.2 Å². The van der Waals surface area contributed by atoms with Crippen molar-refractivity contribution >= 4 is 16.0 Å². The van der Waals surface area contributed by atoms with Gasteiger partial charge in [0.15, 0.2) is 5.96 Å². The summed E-state index contributed by atoms with van der Waals surface area (Å²) >= 11 is 0. The molecule has 1 aromatic rings. The lowest BCUT2D eigenvalue weighted by molar-refractivity contribution is -0.181. The predicted octanol–water partition coefficient (Wildman–Crippen LogP) is 1.77. The summed E-state index contributed by atoms with van der Waals surface area (Å²) in [5.41, 5.74) is 1.52. The molecule has 0 amide bonds. The minimum atomic E-state index is -4.23. The summed E-state index contributed by atoms with van der Waals surface area (Å²) in [6.45, 7) is 5.62. The summed E-state index contributed by atoms with van der Waals surface area (Å²) in [7, 11) is -1.98. The quantitative estimate of drug-likeness (QED) is 0.490. The van der Waals surface area contributed by atoms with Gasteiger partial charge in [-0.2, -0.15) is 13.2 Å². The first kappa shape index (κ1) is 24.4. The molecule has 0 saturated carbocycles. The van der Waals surface area contributed by atoms with Crippen molar-refractivity contribution in [3.8, 4) is 0 Å². The Morgan fingerprint density at radius 3 is 2.40 bits per heavy atom. The second kappa shape index (κ2) is 10.5. The topological polar surface area (TPSA) is 77.0 Å². The van der Waals surface area contributed by atoms with Gasteiger partial charge in [-0.3, -0.25) is 4.90 Å². The maximum Gasteiger partial charge on any atom is 0.403 e. The van der Waals surface area contributed by atoms with Crippen LogP contribution in [0.1, 0.15) is 25.0 Å². The molecule has 1 aliphatic heterocycles. The predicted molar refractivity (Wildman–Crippen MR) is 112 cm³/mol. The molecule has 1 aliphatic rings. The number of halogens is 3. The van der Waals surface area contributed by atoms with E-state index in [0.717, 1.165) is 5.56 Å². The van der Waals surface area contributed by atoms with Crippen molar-refractivity contribution in [3.63, 3.8) is 0 Å². The number of alkyl halides is 3. The fourth-order valence-electron chi connectivity index (χ4n) is 3.23. The number of benzene rings is 1. The third-order valence-corrected chi connectivity index (χ3v) is 6.38.